The number of fused-ring (bicyclic) bond motifs is 7. The van der Waals surface area contributed by atoms with E-state index in [0.29, 0.717) is 57.2 Å². The summed E-state index contributed by atoms with van der Waals surface area (Å²) in [5, 5.41) is 39.2. The monoisotopic (exact) mass is 735 g/mol. The van der Waals surface area contributed by atoms with Gasteiger partial charge in [-0.3, -0.25) is 14.4 Å². The number of methoxy groups -OCH3 is 1. The van der Waals surface area contributed by atoms with Gasteiger partial charge in [-0.2, -0.15) is 0 Å². The van der Waals surface area contributed by atoms with E-state index < -0.39 is 28.5 Å². The van der Waals surface area contributed by atoms with Gasteiger partial charge in [0, 0.05) is 43.9 Å². The lowest BCUT2D eigenvalue weighted by Gasteiger charge is -2.71. The second kappa shape index (κ2) is 14.0. The highest BCUT2D eigenvalue weighted by molar-refractivity contribution is 5.94. The Labute approximate surface area is 316 Å². The number of benzene rings is 1. The SMILES string of the molecule is COC(=O)[C@@]1(C)CC[C@]2(C(=O)NCCCNC(=O)c3ccc(N(C)C)cc3)CC[C@]3(C)C(=CCC4[C@@]5(C)C[C@H](O)[C@H](O)[C@@](C)(CO)C5CC[C@]43C)C2C1. The number of nitrogens with one attached hydrogen (secondary N) is 2. The van der Waals surface area contributed by atoms with Gasteiger partial charge in [0.1, 0.15) is 0 Å². The lowest BCUT2D eigenvalue weighted by molar-refractivity contribution is -0.243. The molecule has 10 heteroatoms. The number of rotatable bonds is 9. The van der Waals surface area contributed by atoms with E-state index in [2.05, 4.69) is 37.5 Å². The van der Waals surface area contributed by atoms with Gasteiger partial charge < -0.3 is 35.6 Å². The highest BCUT2D eigenvalue weighted by Gasteiger charge is 2.71. The van der Waals surface area contributed by atoms with Crippen molar-refractivity contribution in [3.63, 3.8) is 0 Å². The van der Waals surface area contributed by atoms with Crippen molar-refractivity contribution in [3.05, 3.63) is 41.5 Å². The van der Waals surface area contributed by atoms with Crippen LogP contribution in [0.4, 0.5) is 5.69 Å². The summed E-state index contributed by atoms with van der Waals surface area (Å²) in [6, 6.07) is 7.47. The van der Waals surface area contributed by atoms with Gasteiger partial charge >= 0.3 is 5.97 Å². The lowest BCUT2D eigenvalue weighted by atomic mass is 9.33. The van der Waals surface area contributed by atoms with Crippen molar-refractivity contribution in [2.75, 3.05) is 45.8 Å². The second-order valence-electron chi connectivity index (χ2n) is 18.9. The molecule has 0 spiro atoms. The van der Waals surface area contributed by atoms with Gasteiger partial charge in [-0.05, 0) is 129 Å². The van der Waals surface area contributed by atoms with E-state index in [1.165, 1.54) is 12.7 Å². The molecule has 0 aromatic heterocycles. The summed E-state index contributed by atoms with van der Waals surface area (Å²) in [4.78, 5) is 42.6. The van der Waals surface area contributed by atoms with Gasteiger partial charge in [-0.1, -0.05) is 39.3 Å². The normalized spacial score (nSPS) is 41.7. The fourth-order valence-electron chi connectivity index (χ4n) is 12.7. The lowest BCUT2D eigenvalue weighted by Crippen LogP contribution is -2.68. The van der Waals surface area contributed by atoms with Gasteiger partial charge in [0.15, 0.2) is 0 Å². The van der Waals surface area contributed by atoms with Crippen LogP contribution in [-0.2, 0) is 14.3 Å². The first kappa shape index (κ1) is 39.7. The fourth-order valence-corrected chi connectivity index (χ4v) is 12.7. The molecule has 0 heterocycles. The maximum atomic E-state index is 14.5. The highest BCUT2D eigenvalue weighted by Crippen LogP contribution is 2.75. The number of ether oxygens (including phenoxy) is 1. The Morgan fingerprint density at radius 3 is 2.19 bits per heavy atom. The molecule has 4 fully saturated rings. The van der Waals surface area contributed by atoms with Crippen LogP contribution in [0.3, 0.4) is 0 Å². The van der Waals surface area contributed by atoms with E-state index in [1.54, 1.807) is 0 Å². The van der Waals surface area contributed by atoms with Crippen LogP contribution in [0.25, 0.3) is 0 Å². The Hall–Kier alpha value is -2.95. The number of allylic oxidation sites excluding steroid dienone is 2. The standard InChI is InChI=1S/C43H65N3O7/c1-38(37(52)53-8)18-20-43(36(51)45-23-9-22-44-35(50)27-10-12-28(13-11-27)46(6)7)21-19-41(4)29(30(43)24-38)14-15-33-39(2)25-31(48)34(49)40(3,26-47)32(39)16-17-42(33,41)5/h10-14,30-34,47-49H,9,15-26H2,1-8H3,(H,44,50)(H,45,51)/t30?,31-,32?,33?,34-,38-,39-,40-,41+,42+,43-/m0/s1. The van der Waals surface area contributed by atoms with Gasteiger partial charge in [0.2, 0.25) is 5.91 Å². The Morgan fingerprint density at radius 1 is 0.887 bits per heavy atom. The molecule has 0 aliphatic heterocycles. The quantitative estimate of drug-likeness (QED) is 0.131. The van der Waals surface area contributed by atoms with Crippen LogP contribution < -0.4 is 15.5 Å². The van der Waals surface area contributed by atoms with Crippen LogP contribution >= 0.6 is 0 Å². The summed E-state index contributed by atoms with van der Waals surface area (Å²) in [7, 11) is 5.37. The number of hydrogen-bond donors (Lipinski definition) is 5. The maximum Gasteiger partial charge on any atom is 0.311 e. The molecule has 4 saturated carbocycles. The van der Waals surface area contributed by atoms with E-state index in [1.807, 2.05) is 57.1 Å². The molecule has 10 nitrogen and oxygen atoms in total. The number of amides is 2. The molecule has 3 unspecified atom stereocenters. The summed E-state index contributed by atoms with van der Waals surface area (Å²) < 4.78 is 5.35. The topological polar surface area (TPSA) is 148 Å². The molecule has 11 atom stereocenters. The highest BCUT2D eigenvalue weighted by atomic mass is 16.5. The maximum absolute atomic E-state index is 14.5. The average Bonchev–Trinajstić information content (AvgIpc) is 3.13. The number of nitrogens with zero attached hydrogens (tertiary/aromatic N) is 1. The minimum absolute atomic E-state index is 0.0361. The minimum Gasteiger partial charge on any atom is -0.469 e. The van der Waals surface area contributed by atoms with E-state index >= 15 is 0 Å². The molecule has 0 bridgehead atoms. The summed E-state index contributed by atoms with van der Waals surface area (Å²) in [5.74, 6) is -0.178. The van der Waals surface area contributed by atoms with Crippen LogP contribution in [0.15, 0.2) is 35.9 Å². The van der Waals surface area contributed by atoms with Crippen molar-refractivity contribution in [1.82, 2.24) is 10.6 Å². The number of aliphatic hydroxyl groups is 3. The first-order valence-electron chi connectivity index (χ1n) is 20.0. The number of carbonyl (C=O) groups excluding carboxylic acids is 3. The molecule has 0 radical (unpaired) electrons. The van der Waals surface area contributed by atoms with Crippen molar-refractivity contribution < 1.29 is 34.4 Å². The number of anilines is 1. The van der Waals surface area contributed by atoms with Crippen molar-refractivity contribution in [1.29, 1.82) is 0 Å². The number of esters is 1. The van der Waals surface area contributed by atoms with Gasteiger partial charge in [-0.25, -0.2) is 0 Å². The Balaban J connectivity index is 1.23. The largest absolute Gasteiger partial charge is 0.469 e. The number of hydrogen-bond acceptors (Lipinski definition) is 8. The van der Waals surface area contributed by atoms with Gasteiger partial charge in [0.25, 0.3) is 5.91 Å². The molecule has 5 aliphatic carbocycles. The first-order chi connectivity index (χ1) is 24.9. The van der Waals surface area contributed by atoms with Crippen LogP contribution in [0.1, 0.15) is 109 Å². The van der Waals surface area contributed by atoms with Crippen molar-refractivity contribution in [2.45, 2.75) is 111 Å². The Bertz CT molecular complexity index is 1610. The van der Waals surface area contributed by atoms with Crippen molar-refractivity contribution in [3.8, 4) is 0 Å². The molecular formula is C43H65N3O7. The Morgan fingerprint density at radius 2 is 1.55 bits per heavy atom. The zero-order valence-corrected chi connectivity index (χ0v) is 33.4. The first-order valence-corrected chi connectivity index (χ1v) is 20.0. The molecule has 1 aromatic carbocycles. The third-order valence-electron chi connectivity index (χ3n) is 16.2. The predicted octanol–water partition coefficient (Wildman–Crippen LogP) is 5.25. The van der Waals surface area contributed by atoms with Crippen molar-refractivity contribution in [2.24, 2.45) is 50.2 Å². The summed E-state index contributed by atoms with van der Waals surface area (Å²) >= 11 is 0. The number of aliphatic hydroxyl groups excluding tert-OH is 3. The van der Waals surface area contributed by atoms with E-state index in [9.17, 15) is 29.7 Å². The third kappa shape index (κ3) is 6.04. The fraction of sp³-hybridized carbons (Fsp3) is 0.744. The van der Waals surface area contributed by atoms with Gasteiger partial charge in [-0.15, -0.1) is 0 Å². The summed E-state index contributed by atoms with van der Waals surface area (Å²) in [6.07, 6.45) is 7.46. The second-order valence-corrected chi connectivity index (χ2v) is 18.9. The number of carbonyl (C=O) groups is 3. The molecule has 2 amide bonds. The van der Waals surface area contributed by atoms with Gasteiger partial charge in [0.05, 0.1) is 36.8 Å². The molecule has 53 heavy (non-hydrogen) atoms. The van der Waals surface area contributed by atoms with Crippen molar-refractivity contribution >= 4 is 23.5 Å². The molecule has 5 N–H and O–H groups in total. The molecule has 1 aromatic rings. The average molecular weight is 736 g/mol. The molecule has 0 saturated heterocycles. The van der Waals surface area contributed by atoms with Crippen LogP contribution in [0.2, 0.25) is 0 Å². The summed E-state index contributed by atoms with van der Waals surface area (Å²) in [6.45, 7) is 11.7. The molecule has 294 valence electrons. The molecule has 5 aliphatic rings. The molecular weight excluding hydrogens is 670 g/mol. The van der Waals surface area contributed by atoms with Crippen LogP contribution in [0, 0.1) is 50.2 Å². The molecule has 6 rings (SSSR count). The van der Waals surface area contributed by atoms with E-state index in [-0.39, 0.29) is 58.4 Å². The smallest absolute Gasteiger partial charge is 0.311 e. The zero-order chi connectivity index (χ0) is 38.8. The summed E-state index contributed by atoms with van der Waals surface area (Å²) in [5.41, 5.74) is 0.0976. The van der Waals surface area contributed by atoms with Crippen LogP contribution in [-0.4, -0.2) is 86.2 Å². The minimum atomic E-state index is -0.969. The third-order valence-corrected chi connectivity index (χ3v) is 16.2. The zero-order valence-electron chi connectivity index (χ0n) is 33.4. The predicted molar refractivity (Wildman–Crippen MR) is 205 cm³/mol. The Kier molecular flexibility index (Phi) is 10.5. The van der Waals surface area contributed by atoms with E-state index in [4.69, 9.17) is 4.74 Å². The van der Waals surface area contributed by atoms with Crippen LogP contribution in [0.5, 0.6) is 0 Å². The van der Waals surface area contributed by atoms with E-state index in [0.717, 1.165) is 31.4 Å².